The van der Waals surface area contributed by atoms with E-state index >= 15 is 0 Å². The van der Waals surface area contributed by atoms with E-state index in [1.54, 1.807) is 0 Å². The highest BCUT2D eigenvalue weighted by molar-refractivity contribution is 7.80. The van der Waals surface area contributed by atoms with Crippen LogP contribution in [0.2, 0.25) is 0 Å². The molecule has 1 aromatic carbocycles. The summed E-state index contributed by atoms with van der Waals surface area (Å²) in [4.78, 5) is 0.366. The molecule has 0 unspecified atom stereocenters. The summed E-state index contributed by atoms with van der Waals surface area (Å²) in [6.45, 7) is 1.38. The van der Waals surface area contributed by atoms with Gasteiger partial charge in [0.15, 0.2) is 0 Å². The minimum Gasteiger partial charge on any atom is -0.398 e. The van der Waals surface area contributed by atoms with Crippen LogP contribution in [0, 0.1) is 6.92 Å². The Morgan fingerprint density at radius 3 is 2.31 bits per heavy atom. The van der Waals surface area contributed by atoms with Crippen molar-refractivity contribution in [3.63, 3.8) is 0 Å². The van der Waals surface area contributed by atoms with Crippen LogP contribution in [0.3, 0.4) is 0 Å². The molecule has 0 radical (unpaired) electrons. The van der Waals surface area contributed by atoms with Crippen molar-refractivity contribution < 1.29 is 13.2 Å². The lowest BCUT2D eigenvalue weighted by molar-refractivity contribution is -0.138. The molecule has 0 fully saturated rings. The van der Waals surface area contributed by atoms with Gasteiger partial charge in [0.25, 0.3) is 0 Å². The SMILES string of the molecule is Cc1cc(S)c(N)cc1C(F)(F)F. The van der Waals surface area contributed by atoms with Crippen LogP contribution in [-0.4, -0.2) is 0 Å². The maximum atomic E-state index is 12.3. The first-order chi connectivity index (χ1) is 5.82. The Labute approximate surface area is 79.2 Å². The lowest BCUT2D eigenvalue weighted by atomic mass is 10.1. The molecule has 13 heavy (non-hydrogen) atoms. The van der Waals surface area contributed by atoms with Crippen molar-refractivity contribution in [3.8, 4) is 0 Å². The molecule has 0 aliphatic carbocycles. The first-order valence-electron chi connectivity index (χ1n) is 3.48. The highest BCUT2D eigenvalue weighted by Gasteiger charge is 2.32. The van der Waals surface area contributed by atoms with Gasteiger partial charge in [0.2, 0.25) is 0 Å². The van der Waals surface area contributed by atoms with Gasteiger partial charge in [0.05, 0.1) is 5.56 Å². The normalized spacial score (nSPS) is 11.8. The summed E-state index contributed by atoms with van der Waals surface area (Å²) < 4.78 is 36.8. The average molecular weight is 207 g/mol. The van der Waals surface area contributed by atoms with Gasteiger partial charge in [-0.15, -0.1) is 12.6 Å². The minimum absolute atomic E-state index is 0.0428. The van der Waals surface area contributed by atoms with E-state index in [4.69, 9.17) is 5.73 Å². The van der Waals surface area contributed by atoms with Gasteiger partial charge in [-0.1, -0.05) is 0 Å². The highest BCUT2D eigenvalue weighted by Crippen LogP contribution is 2.34. The van der Waals surface area contributed by atoms with Gasteiger partial charge in [0.1, 0.15) is 0 Å². The first-order valence-corrected chi connectivity index (χ1v) is 3.93. The number of hydrogen-bond acceptors (Lipinski definition) is 2. The monoisotopic (exact) mass is 207 g/mol. The largest absolute Gasteiger partial charge is 0.416 e. The molecule has 0 bridgehead atoms. The average Bonchev–Trinajstić information content (AvgIpc) is 1.94. The van der Waals surface area contributed by atoms with Gasteiger partial charge < -0.3 is 5.73 Å². The number of nitrogens with two attached hydrogens (primary N) is 1. The summed E-state index contributed by atoms with van der Waals surface area (Å²) in [5, 5.41) is 0. The fourth-order valence-corrected chi connectivity index (χ4v) is 1.27. The molecule has 0 aliphatic heterocycles. The number of rotatable bonds is 0. The molecular weight excluding hydrogens is 199 g/mol. The van der Waals surface area contributed by atoms with E-state index in [0.717, 1.165) is 6.07 Å². The first kappa shape index (κ1) is 10.2. The van der Waals surface area contributed by atoms with Crippen LogP contribution in [0.4, 0.5) is 18.9 Å². The summed E-state index contributed by atoms with van der Waals surface area (Å²) >= 11 is 3.92. The third-order valence-corrected chi connectivity index (χ3v) is 2.07. The molecule has 0 atom stereocenters. The lowest BCUT2D eigenvalue weighted by Gasteiger charge is -2.11. The molecule has 72 valence electrons. The molecule has 0 heterocycles. The number of nitrogen functional groups attached to an aromatic ring is 1. The second kappa shape index (κ2) is 3.14. The Balaban J connectivity index is 3.32. The van der Waals surface area contributed by atoms with Crippen molar-refractivity contribution in [2.24, 2.45) is 0 Å². The Morgan fingerprint density at radius 1 is 1.31 bits per heavy atom. The number of aryl methyl sites for hydroxylation is 1. The Hall–Kier alpha value is -0.840. The highest BCUT2D eigenvalue weighted by atomic mass is 32.1. The topological polar surface area (TPSA) is 26.0 Å². The minimum atomic E-state index is -4.35. The van der Waals surface area contributed by atoms with Gasteiger partial charge in [-0.05, 0) is 24.6 Å². The molecule has 2 N–H and O–H groups in total. The molecular formula is C8H8F3NS. The number of alkyl halides is 3. The number of anilines is 1. The summed E-state index contributed by atoms with van der Waals surface area (Å²) in [7, 11) is 0. The molecule has 0 saturated heterocycles. The molecule has 5 heteroatoms. The fraction of sp³-hybridized carbons (Fsp3) is 0.250. The predicted molar refractivity (Wildman–Crippen MR) is 47.8 cm³/mol. The second-order valence-corrected chi connectivity index (χ2v) is 3.21. The van der Waals surface area contributed by atoms with E-state index in [1.807, 2.05) is 0 Å². The quantitative estimate of drug-likeness (QED) is 0.496. The fourth-order valence-electron chi connectivity index (χ4n) is 1.01. The number of thiol groups is 1. The smallest absolute Gasteiger partial charge is 0.398 e. The van der Waals surface area contributed by atoms with E-state index < -0.39 is 11.7 Å². The van der Waals surface area contributed by atoms with Gasteiger partial charge in [-0.2, -0.15) is 13.2 Å². The molecule has 1 aromatic rings. The summed E-state index contributed by atoms with van der Waals surface area (Å²) in [5.41, 5.74) is 4.78. The third-order valence-electron chi connectivity index (χ3n) is 1.68. The maximum Gasteiger partial charge on any atom is 0.416 e. The van der Waals surface area contributed by atoms with Gasteiger partial charge in [-0.3, -0.25) is 0 Å². The summed E-state index contributed by atoms with van der Waals surface area (Å²) in [5.74, 6) is 0. The van der Waals surface area contributed by atoms with E-state index in [-0.39, 0.29) is 11.3 Å². The number of hydrogen-bond donors (Lipinski definition) is 2. The number of benzene rings is 1. The van der Waals surface area contributed by atoms with Crippen LogP contribution in [-0.2, 0) is 6.18 Å². The van der Waals surface area contributed by atoms with Crippen LogP contribution in [0.1, 0.15) is 11.1 Å². The van der Waals surface area contributed by atoms with Crippen molar-refractivity contribution in [1.29, 1.82) is 0 Å². The van der Waals surface area contributed by atoms with Gasteiger partial charge in [0, 0.05) is 10.6 Å². The van der Waals surface area contributed by atoms with Crippen LogP contribution in [0.25, 0.3) is 0 Å². The van der Waals surface area contributed by atoms with E-state index in [2.05, 4.69) is 12.6 Å². The zero-order valence-corrected chi connectivity index (χ0v) is 7.71. The lowest BCUT2D eigenvalue weighted by Crippen LogP contribution is -2.08. The molecule has 0 saturated carbocycles. The Bertz CT molecular complexity index is 333. The van der Waals surface area contributed by atoms with Crippen molar-refractivity contribution in [2.45, 2.75) is 18.0 Å². The van der Waals surface area contributed by atoms with Gasteiger partial charge in [-0.25, -0.2) is 0 Å². The molecule has 0 spiro atoms. The Morgan fingerprint density at radius 2 is 1.85 bits per heavy atom. The molecule has 1 rings (SSSR count). The van der Waals surface area contributed by atoms with E-state index in [0.29, 0.717) is 4.90 Å². The summed E-state index contributed by atoms with van der Waals surface area (Å²) in [6.07, 6.45) is -4.35. The third kappa shape index (κ3) is 2.09. The second-order valence-electron chi connectivity index (χ2n) is 2.72. The van der Waals surface area contributed by atoms with Crippen LogP contribution < -0.4 is 5.73 Å². The van der Waals surface area contributed by atoms with Crippen LogP contribution >= 0.6 is 12.6 Å². The van der Waals surface area contributed by atoms with Crippen molar-refractivity contribution in [1.82, 2.24) is 0 Å². The zero-order chi connectivity index (χ0) is 10.2. The zero-order valence-electron chi connectivity index (χ0n) is 6.81. The van der Waals surface area contributed by atoms with Crippen molar-refractivity contribution >= 4 is 18.3 Å². The Kier molecular flexibility index (Phi) is 2.47. The maximum absolute atomic E-state index is 12.3. The van der Waals surface area contributed by atoms with E-state index in [1.165, 1.54) is 13.0 Å². The predicted octanol–water partition coefficient (Wildman–Crippen LogP) is 2.88. The van der Waals surface area contributed by atoms with Crippen LogP contribution in [0.5, 0.6) is 0 Å². The molecule has 0 aromatic heterocycles. The molecule has 1 nitrogen and oxygen atoms in total. The van der Waals surface area contributed by atoms with Gasteiger partial charge >= 0.3 is 6.18 Å². The summed E-state index contributed by atoms with van der Waals surface area (Å²) in [6, 6.07) is 2.21. The molecule has 0 amide bonds. The number of halogens is 3. The molecule has 0 aliphatic rings. The standard InChI is InChI=1S/C8H8F3NS/c1-4-2-7(13)6(12)3-5(4)8(9,10)11/h2-3,13H,12H2,1H3. The van der Waals surface area contributed by atoms with E-state index in [9.17, 15) is 13.2 Å². The van der Waals surface area contributed by atoms with Crippen molar-refractivity contribution in [3.05, 3.63) is 23.3 Å². The van der Waals surface area contributed by atoms with Crippen molar-refractivity contribution in [2.75, 3.05) is 5.73 Å². The van der Waals surface area contributed by atoms with Crippen LogP contribution in [0.15, 0.2) is 17.0 Å².